The summed E-state index contributed by atoms with van der Waals surface area (Å²) in [4.78, 5) is 4.47. The van der Waals surface area contributed by atoms with Gasteiger partial charge in [0.25, 0.3) is 0 Å². The van der Waals surface area contributed by atoms with Gasteiger partial charge in [-0.1, -0.05) is 12.1 Å². The molecule has 4 heteroatoms. The summed E-state index contributed by atoms with van der Waals surface area (Å²) in [6, 6.07) is 8.90. The van der Waals surface area contributed by atoms with E-state index in [0.29, 0.717) is 6.04 Å². The molecule has 1 fully saturated rings. The lowest BCUT2D eigenvalue weighted by Gasteiger charge is -2.13. The lowest BCUT2D eigenvalue weighted by Crippen LogP contribution is -2.09. The summed E-state index contributed by atoms with van der Waals surface area (Å²) in [6.45, 7) is 1.66. The van der Waals surface area contributed by atoms with Crippen molar-refractivity contribution in [3.8, 4) is 11.4 Å². The summed E-state index contributed by atoms with van der Waals surface area (Å²) in [5.41, 5.74) is 1.17. The molecule has 0 aliphatic carbocycles. The Morgan fingerprint density at radius 1 is 1.29 bits per heavy atom. The minimum Gasteiger partial charge on any atom is -0.379 e. The number of rotatable bonds is 2. The lowest BCUT2D eigenvalue weighted by atomic mass is 10.2. The van der Waals surface area contributed by atoms with Gasteiger partial charge in [-0.15, -0.1) is 0 Å². The maximum absolute atomic E-state index is 5.44. The Balaban J connectivity index is 1.97. The molecule has 2 heterocycles. The highest BCUT2D eigenvalue weighted by atomic mass is 127. The van der Waals surface area contributed by atoms with Crippen LogP contribution in [0.4, 0.5) is 0 Å². The molecule has 0 N–H and O–H groups in total. The Kier molecular flexibility index (Phi) is 3.15. The summed E-state index contributed by atoms with van der Waals surface area (Å²) < 4.78 is 8.92. The van der Waals surface area contributed by atoms with Crippen molar-refractivity contribution in [3.05, 3.63) is 40.2 Å². The predicted octanol–water partition coefficient (Wildman–Crippen LogP) is 3.12. The van der Waals surface area contributed by atoms with Gasteiger partial charge in [0, 0.05) is 28.1 Å². The largest absolute Gasteiger partial charge is 0.379 e. The average Bonchev–Trinajstić information content (AvgIpc) is 3.00. The minimum atomic E-state index is 0.437. The summed E-state index contributed by atoms with van der Waals surface area (Å²) >= 11 is 2.31. The van der Waals surface area contributed by atoms with Gasteiger partial charge in [0.1, 0.15) is 5.82 Å². The van der Waals surface area contributed by atoms with Crippen molar-refractivity contribution in [2.45, 2.75) is 12.5 Å². The van der Waals surface area contributed by atoms with Crippen LogP contribution < -0.4 is 0 Å². The van der Waals surface area contributed by atoms with Gasteiger partial charge in [-0.05, 0) is 41.1 Å². The summed E-state index contributed by atoms with van der Waals surface area (Å²) in [6.07, 6.45) is 4.99. The van der Waals surface area contributed by atoms with Gasteiger partial charge in [-0.25, -0.2) is 4.98 Å². The summed E-state index contributed by atoms with van der Waals surface area (Å²) in [5.74, 6) is 1.04. The number of aromatic nitrogens is 2. The van der Waals surface area contributed by atoms with Crippen LogP contribution in [0.25, 0.3) is 11.4 Å². The quantitative estimate of drug-likeness (QED) is 0.786. The molecule has 0 bridgehead atoms. The molecule has 0 spiro atoms. The fourth-order valence-electron chi connectivity index (χ4n) is 2.17. The van der Waals surface area contributed by atoms with Crippen LogP contribution in [-0.2, 0) is 4.74 Å². The number of hydrogen-bond acceptors (Lipinski definition) is 2. The Hall–Kier alpha value is -0.880. The van der Waals surface area contributed by atoms with Crippen molar-refractivity contribution in [2.24, 2.45) is 0 Å². The highest BCUT2D eigenvalue weighted by Gasteiger charge is 2.20. The molecule has 88 valence electrons. The zero-order chi connectivity index (χ0) is 11.7. The Labute approximate surface area is 114 Å². The molecule has 2 aromatic rings. The van der Waals surface area contributed by atoms with E-state index in [1.807, 2.05) is 12.4 Å². The molecule has 1 aliphatic heterocycles. The smallest absolute Gasteiger partial charge is 0.140 e. The molecule has 1 saturated heterocycles. The number of benzene rings is 1. The van der Waals surface area contributed by atoms with Crippen molar-refractivity contribution < 1.29 is 4.74 Å². The Bertz CT molecular complexity index is 500. The Morgan fingerprint density at radius 2 is 2.12 bits per heavy atom. The van der Waals surface area contributed by atoms with E-state index in [1.165, 1.54) is 9.13 Å². The SMILES string of the molecule is Ic1ccc(-c2nccn2C2CCOC2)cc1. The molecule has 0 amide bonds. The highest BCUT2D eigenvalue weighted by Crippen LogP contribution is 2.26. The van der Waals surface area contributed by atoms with Crippen LogP contribution in [0.3, 0.4) is 0 Å². The van der Waals surface area contributed by atoms with Crippen LogP contribution in [0, 0.1) is 3.57 Å². The average molecular weight is 340 g/mol. The standard InChI is InChI=1S/C13H13IN2O/c14-11-3-1-10(2-4-11)13-15-6-7-16(13)12-5-8-17-9-12/h1-4,6-7,12H,5,8-9H2. The first kappa shape index (κ1) is 11.2. The molecule has 0 radical (unpaired) electrons. The van der Waals surface area contributed by atoms with E-state index in [-0.39, 0.29) is 0 Å². The predicted molar refractivity (Wildman–Crippen MR) is 74.9 cm³/mol. The molecule has 17 heavy (non-hydrogen) atoms. The van der Waals surface area contributed by atoms with E-state index in [4.69, 9.17) is 4.74 Å². The molecule has 1 aromatic heterocycles. The molecule has 1 atom stereocenters. The summed E-state index contributed by atoms with van der Waals surface area (Å²) in [7, 11) is 0. The van der Waals surface area contributed by atoms with E-state index in [2.05, 4.69) is 56.4 Å². The lowest BCUT2D eigenvalue weighted by molar-refractivity contribution is 0.187. The second-order valence-electron chi connectivity index (χ2n) is 4.18. The summed E-state index contributed by atoms with van der Waals surface area (Å²) in [5, 5.41) is 0. The maximum Gasteiger partial charge on any atom is 0.140 e. The van der Waals surface area contributed by atoms with E-state index in [9.17, 15) is 0 Å². The third-order valence-electron chi connectivity index (χ3n) is 3.07. The third kappa shape index (κ3) is 2.24. The second kappa shape index (κ2) is 4.78. The van der Waals surface area contributed by atoms with Crippen LogP contribution in [0.15, 0.2) is 36.7 Å². The fraction of sp³-hybridized carbons (Fsp3) is 0.308. The van der Waals surface area contributed by atoms with Gasteiger partial charge in [0.15, 0.2) is 0 Å². The fourth-order valence-corrected chi connectivity index (χ4v) is 2.53. The maximum atomic E-state index is 5.44. The van der Waals surface area contributed by atoms with Crippen molar-refractivity contribution in [3.63, 3.8) is 0 Å². The van der Waals surface area contributed by atoms with Gasteiger partial charge in [0.2, 0.25) is 0 Å². The number of ether oxygens (including phenoxy) is 1. The molecule has 3 nitrogen and oxygen atoms in total. The van der Waals surface area contributed by atoms with Crippen LogP contribution in [0.2, 0.25) is 0 Å². The number of hydrogen-bond donors (Lipinski definition) is 0. The number of nitrogens with zero attached hydrogens (tertiary/aromatic N) is 2. The molecular weight excluding hydrogens is 327 g/mol. The van der Waals surface area contributed by atoms with Crippen LogP contribution in [0.5, 0.6) is 0 Å². The minimum absolute atomic E-state index is 0.437. The van der Waals surface area contributed by atoms with E-state index in [1.54, 1.807) is 0 Å². The van der Waals surface area contributed by atoms with E-state index < -0.39 is 0 Å². The number of halogens is 1. The van der Waals surface area contributed by atoms with E-state index in [0.717, 1.165) is 25.5 Å². The van der Waals surface area contributed by atoms with Crippen LogP contribution in [-0.4, -0.2) is 22.8 Å². The highest BCUT2D eigenvalue weighted by molar-refractivity contribution is 14.1. The molecule has 1 aromatic carbocycles. The van der Waals surface area contributed by atoms with Crippen LogP contribution in [0.1, 0.15) is 12.5 Å². The second-order valence-corrected chi connectivity index (χ2v) is 5.43. The van der Waals surface area contributed by atoms with Crippen LogP contribution >= 0.6 is 22.6 Å². The molecule has 1 aliphatic rings. The van der Waals surface area contributed by atoms with Crippen molar-refractivity contribution >= 4 is 22.6 Å². The zero-order valence-electron chi connectivity index (χ0n) is 9.34. The van der Waals surface area contributed by atoms with Crippen molar-refractivity contribution in [1.82, 2.24) is 9.55 Å². The van der Waals surface area contributed by atoms with Gasteiger partial charge in [-0.2, -0.15) is 0 Å². The molecular formula is C13H13IN2O. The van der Waals surface area contributed by atoms with Gasteiger partial charge in [0.05, 0.1) is 12.6 Å². The third-order valence-corrected chi connectivity index (χ3v) is 3.79. The number of imidazole rings is 1. The normalized spacial score (nSPS) is 19.7. The molecule has 0 saturated carbocycles. The molecule has 3 rings (SSSR count). The van der Waals surface area contributed by atoms with Crippen molar-refractivity contribution in [2.75, 3.05) is 13.2 Å². The van der Waals surface area contributed by atoms with E-state index >= 15 is 0 Å². The van der Waals surface area contributed by atoms with Crippen molar-refractivity contribution in [1.29, 1.82) is 0 Å². The zero-order valence-corrected chi connectivity index (χ0v) is 11.5. The molecule has 1 unspecified atom stereocenters. The van der Waals surface area contributed by atoms with Gasteiger partial charge in [-0.3, -0.25) is 0 Å². The van der Waals surface area contributed by atoms with Gasteiger partial charge >= 0.3 is 0 Å². The van der Waals surface area contributed by atoms with Gasteiger partial charge < -0.3 is 9.30 Å². The Morgan fingerprint density at radius 3 is 2.82 bits per heavy atom. The topological polar surface area (TPSA) is 27.1 Å². The first-order valence-electron chi connectivity index (χ1n) is 5.71. The first-order chi connectivity index (χ1) is 8.34. The first-order valence-corrected chi connectivity index (χ1v) is 6.79. The monoisotopic (exact) mass is 340 g/mol.